The highest BCUT2D eigenvalue weighted by atomic mass is 16.4. The molecule has 3 nitrogen and oxygen atoms in total. The fraction of sp³-hybridized carbons (Fsp3) is 0.389. The molecule has 0 aliphatic heterocycles. The number of carboxylic acids is 1. The van der Waals surface area contributed by atoms with Crippen LogP contribution in [-0.4, -0.2) is 15.6 Å². The number of nitrogens with zero attached hydrogens (tertiary/aromatic N) is 1. The molecule has 0 saturated carbocycles. The molecule has 112 valence electrons. The summed E-state index contributed by atoms with van der Waals surface area (Å²) in [7, 11) is 0. The van der Waals surface area contributed by atoms with Gasteiger partial charge in [-0.25, -0.2) is 4.79 Å². The lowest BCUT2D eigenvalue weighted by atomic mass is 10.0. The summed E-state index contributed by atoms with van der Waals surface area (Å²) in [6.45, 7) is 4.98. The third kappa shape index (κ3) is 3.54. The molecule has 2 aromatic rings. The van der Waals surface area contributed by atoms with Crippen LogP contribution in [0.15, 0.2) is 36.4 Å². The van der Waals surface area contributed by atoms with Crippen LogP contribution in [0.4, 0.5) is 0 Å². The van der Waals surface area contributed by atoms with Gasteiger partial charge in [0.15, 0.2) is 0 Å². The van der Waals surface area contributed by atoms with Gasteiger partial charge in [0.2, 0.25) is 0 Å². The Bertz CT molecular complexity index is 596. The predicted octanol–water partition coefficient (Wildman–Crippen LogP) is 4.61. The number of unbranched alkanes of at least 4 members (excludes halogenated alkanes) is 1. The van der Waals surface area contributed by atoms with Gasteiger partial charge in [-0.1, -0.05) is 44.5 Å². The monoisotopic (exact) mass is 285 g/mol. The Morgan fingerprint density at radius 1 is 1.05 bits per heavy atom. The quantitative estimate of drug-likeness (QED) is 0.807. The van der Waals surface area contributed by atoms with Crippen LogP contribution in [0, 0.1) is 0 Å². The van der Waals surface area contributed by atoms with Gasteiger partial charge in [0.1, 0.15) is 5.69 Å². The van der Waals surface area contributed by atoms with Crippen molar-refractivity contribution >= 4 is 5.97 Å². The second-order valence-corrected chi connectivity index (χ2v) is 5.36. The number of benzene rings is 1. The van der Waals surface area contributed by atoms with Crippen LogP contribution in [0.5, 0.6) is 0 Å². The number of hydrogen-bond acceptors (Lipinski definition) is 1. The Morgan fingerprint density at radius 2 is 1.76 bits per heavy atom. The Kier molecular flexibility index (Phi) is 5.20. The van der Waals surface area contributed by atoms with Crippen LogP contribution in [0.2, 0.25) is 0 Å². The summed E-state index contributed by atoms with van der Waals surface area (Å²) in [5.74, 6) is -0.866. The zero-order chi connectivity index (χ0) is 15.2. The summed E-state index contributed by atoms with van der Waals surface area (Å²) < 4.78 is 1.89. The normalized spacial score (nSPS) is 10.8. The van der Waals surface area contributed by atoms with Gasteiger partial charge >= 0.3 is 5.97 Å². The summed E-state index contributed by atoms with van der Waals surface area (Å²) in [4.78, 5) is 11.3. The van der Waals surface area contributed by atoms with Crippen LogP contribution in [0.3, 0.4) is 0 Å². The number of carbonyl (C=O) groups is 1. The van der Waals surface area contributed by atoms with E-state index >= 15 is 0 Å². The van der Waals surface area contributed by atoms with E-state index in [-0.39, 0.29) is 0 Å². The third-order valence-electron chi connectivity index (χ3n) is 3.72. The number of hydrogen-bond donors (Lipinski definition) is 1. The van der Waals surface area contributed by atoms with Crippen molar-refractivity contribution in [3.8, 4) is 11.3 Å². The first-order valence-electron chi connectivity index (χ1n) is 7.69. The second kappa shape index (κ2) is 7.11. The van der Waals surface area contributed by atoms with E-state index in [2.05, 4.69) is 38.1 Å². The van der Waals surface area contributed by atoms with Crippen LogP contribution >= 0.6 is 0 Å². The summed E-state index contributed by atoms with van der Waals surface area (Å²) in [5, 5.41) is 9.27. The molecule has 0 atom stereocenters. The van der Waals surface area contributed by atoms with Crippen molar-refractivity contribution in [2.45, 2.75) is 46.1 Å². The highest BCUT2D eigenvalue weighted by molar-refractivity contribution is 5.87. The van der Waals surface area contributed by atoms with Crippen LogP contribution in [0.25, 0.3) is 11.3 Å². The molecule has 0 aliphatic rings. The van der Waals surface area contributed by atoms with E-state index in [1.807, 2.05) is 10.6 Å². The number of carboxylic acid groups (broad SMARTS) is 1. The van der Waals surface area contributed by atoms with Gasteiger partial charge < -0.3 is 9.67 Å². The fourth-order valence-corrected chi connectivity index (χ4v) is 2.59. The number of aromatic nitrogens is 1. The van der Waals surface area contributed by atoms with Crippen molar-refractivity contribution in [3.63, 3.8) is 0 Å². The van der Waals surface area contributed by atoms with Gasteiger partial charge in [0.05, 0.1) is 0 Å². The summed E-state index contributed by atoms with van der Waals surface area (Å²) >= 11 is 0. The summed E-state index contributed by atoms with van der Waals surface area (Å²) in [6, 6.07) is 12.1. The van der Waals surface area contributed by atoms with E-state index in [1.165, 1.54) is 18.4 Å². The van der Waals surface area contributed by atoms with Crippen molar-refractivity contribution in [3.05, 3.63) is 47.7 Å². The number of aryl methyl sites for hydroxylation is 1. The largest absolute Gasteiger partial charge is 0.477 e. The summed E-state index contributed by atoms with van der Waals surface area (Å²) in [6.07, 6.45) is 4.42. The molecule has 0 spiro atoms. The molecule has 1 aromatic carbocycles. The minimum atomic E-state index is -0.866. The van der Waals surface area contributed by atoms with E-state index in [0.29, 0.717) is 5.69 Å². The molecule has 0 unspecified atom stereocenters. The maximum Gasteiger partial charge on any atom is 0.352 e. The molecular weight excluding hydrogens is 262 g/mol. The van der Waals surface area contributed by atoms with E-state index in [1.54, 1.807) is 6.07 Å². The zero-order valence-electron chi connectivity index (χ0n) is 12.8. The van der Waals surface area contributed by atoms with Crippen molar-refractivity contribution < 1.29 is 9.90 Å². The molecule has 0 aliphatic carbocycles. The molecule has 1 heterocycles. The van der Waals surface area contributed by atoms with Crippen LogP contribution in [-0.2, 0) is 13.0 Å². The second-order valence-electron chi connectivity index (χ2n) is 5.36. The predicted molar refractivity (Wildman–Crippen MR) is 85.7 cm³/mol. The van der Waals surface area contributed by atoms with Crippen molar-refractivity contribution in [1.29, 1.82) is 0 Å². The lowest BCUT2D eigenvalue weighted by Gasteiger charge is -2.11. The lowest BCUT2D eigenvalue weighted by Crippen LogP contribution is -2.09. The van der Waals surface area contributed by atoms with Crippen LogP contribution in [0.1, 0.15) is 49.2 Å². The standard InChI is InChI=1S/C18H23NO2/c1-3-5-6-14-7-9-15(10-8-14)16-11-12-17(18(20)21)19(16)13-4-2/h7-12H,3-6,13H2,1-2H3,(H,20,21). The SMILES string of the molecule is CCCCc1ccc(-c2ccc(C(=O)O)n2CCC)cc1. The van der Waals surface area contributed by atoms with Crippen molar-refractivity contribution in [2.75, 3.05) is 0 Å². The van der Waals surface area contributed by atoms with Gasteiger partial charge in [-0.05, 0) is 42.5 Å². The highest BCUT2D eigenvalue weighted by Crippen LogP contribution is 2.24. The maximum atomic E-state index is 11.3. The number of rotatable bonds is 7. The van der Waals surface area contributed by atoms with Crippen molar-refractivity contribution in [2.24, 2.45) is 0 Å². The molecule has 0 saturated heterocycles. The molecule has 21 heavy (non-hydrogen) atoms. The zero-order valence-corrected chi connectivity index (χ0v) is 12.8. The van der Waals surface area contributed by atoms with E-state index in [9.17, 15) is 9.90 Å². The highest BCUT2D eigenvalue weighted by Gasteiger charge is 2.14. The topological polar surface area (TPSA) is 42.2 Å². The van der Waals surface area contributed by atoms with E-state index < -0.39 is 5.97 Å². The van der Waals surface area contributed by atoms with Gasteiger partial charge in [-0.15, -0.1) is 0 Å². The Morgan fingerprint density at radius 3 is 2.33 bits per heavy atom. The molecular formula is C18H23NO2. The van der Waals surface area contributed by atoms with E-state index in [0.717, 1.165) is 30.6 Å². The molecule has 0 fully saturated rings. The summed E-state index contributed by atoms with van der Waals surface area (Å²) in [5.41, 5.74) is 3.77. The molecule has 1 N–H and O–H groups in total. The third-order valence-corrected chi connectivity index (χ3v) is 3.72. The van der Waals surface area contributed by atoms with E-state index in [4.69, 9.17) is 0 Å². The lowest BCUT2D eigenvalue weighted by molar-refractivity contribution is 0.0685. The Hall–Kier alpha value is -2.03. The first-order chi connectivity index (χ1) is 10.2. The fourth-order valence-electron chi connectivity index (χ4n) is 2.59. The molecule has 0 bridgehead atoms. The van der Waals surface area contributed by atoms with Crippen LogP contribution < -0.4 is 0 Å². The van der Waals surface area contributed by atoms with Gasteiger partial charge in [0, 0.05) is 12.2 Å². The number of aromatic carboxylic acids is 1. The van der Waals surface area contributed by atoms with Gasteiger partial charge in [0.25, 0.3) is 0 Å². The molecule has 0 radical (unpaired) electrons. The maximum absolute atomic E-state index is 11.3. The average Bonchev–Trinajstić information content (AvgIpc) is 2.90. The minimum Gasteiger partial charge on any atom is -0.477 e. The van der Waals surface area contributed by atoms with Gasteiger partial charge in [-0.3, -0.25) is 0 Å². The molecule has 0 amide bonds. The smallest absolute Gasteiger partial charge is 0.352 e. The average molecular weight is 285 g/mol. The molecule has 3 heteroatoms. The molecule has 2 rings (SSSR count). The molecule has 1 aromatic heterocycles. The minimum absolute atomic E-state index is 0.363. The Balaban J connectivity index is 2.30. The first-order valence-corrected chi connectivity index (χ1v) is 7.69. The van der Waals surface area contributed by atoms with Crippen molar-refractivity contribution in [1.82, 2.24) is 4.57 Å². The first kappa shape index (κ1) is 15.4. The Labute approximate surface area is 126 Å². The van der Waals surface area contributed by atoms with Gasteiger partial charge in [-0.2, -0.15) is 0 Å².